The molecule has 0 saturated carbocycles. The fourth-order valence-electron chi connectivity index (χ4n) is 2.70. The Bertz CT molecular complexity index is 922. The van der Waals surface area contributed by atoms with E-state index in [1.54, 1.807) is 6.08 Å². The molecule has 0 bridgehead atoms. The number of benzene rings is 2. The molecule has 1 fully saturated rings. The van der Waals surface area contributed by atoms with Gasteiger partial charge in [-0.25, -0.2) is 4.79 Å². The maximum atomic E-state index is 12.4. The topological polar surface area (TPSA) is 58.6 Å². The molecule has 0 spiro atoms. The van der Waals surface area contributed by atoms with Crippen LogP contribution in [0.25, 0.3) is 6.08 Å². The number of nitrogens with one attached hydrogen (secondary N) is 1. The Labute approximate surface area is 199 Å². The fraction of sp³-hybridized carbons (Fsp3) is 0.200. The molecule has 0 radical (unpaired) electrons. The predicted molar refractivity (Wildman–Crippen MR) is 129 cm³/mol. The van der Waals surface area contributed by atoms with E-state index in [0.717, 1.165) is 34.9 Å². The minimum Gasteiger partial charge on any atom is -0.487 e. The molecule has 0 aromatic heterocycles. The average Bonchev–Trinajstić information content (AvgIpc) is 2.90. The molecule has 3 rings (SSSR count). The van der Waals surface area contributed by atoms with E-state index < -0.39 is 0 Å². The number of rotatable bonds is 6. The van der Waals surface area contributed by atoms with Crippen LogP contribution in [0.3, 0.4) is 0 Å². The van der Waals surface area contributed by atoms with Gasteiger partial charge in [-0.15, -0.1) is 0 Å². The highest BCUT2D eigenvalue weighted by Crippen LogP contribution is 2.31. The molecule has 1 saturated heterocycles. The summed E-state index contributed by atoms with van der Waals surface area (Å²) in [7, 11) is 0. The molecule has 146 valence electrons. The Morgan fingerprint density at radius 3 is 2.39 bits per heavy atom. The summed E-state index contributed by atoms with van der Waals surface area (Å²) in [6.45, 7) is 2.82. The van der Waals surface area contributed by atoms with Crippen LogP contribution in [-0.4, -0.2) is 23.4 Å². The molecular formula is C20H17BrI2N2O3. The third kappa shape index (κ3) is 5.07. The third-order valence-electron chi connectivity index (χ3n) is 4.04. The summed E-state index contributed by atoms with van der Waals surface area (Å²) in [6, 6.07) is 11.5. The van der Waals surface area contributed by atoms with Gasteiger partial charge < -0.3 is 10.1 Å². The summed E-state index contributed by atoms with van der Waals surface area (Å²) < 4.78 is 8.92. The molecule has 8 heteroatoms. The van der Waals surface area contributed by atoms with Gasteiger partial charge in [0.25, 0.3) is 5.91 Å². The number of hydrogen-bond acceptors (Lipinski definition) is 3. The lowest BCUT2D eigenvalue weighted by Crippen LogP contribution is -2.31. The predicted octanol–water partition coefficient (Wildman–Crippen LogP) is 5.54. The molecule has 0 atom stereocenters. The highest BCUT2D eigenvalue weighted by molar-refractivity contribution is 14.1. The number of carbonyl (C=O) groups is 2. The Morgan fingerprint density at radius 2 is 1.79 bits per heavy atom. The van der Waals surface area contributed by atoms with E-state index in [-0.39, 0.29) is 11.9 Å². The molecule has 5 nitrogen and oxygen atoms in total. The molecule has 1 aliphatic rings. The molecule has 28 heavy (non-hydrogen) atoms. The van der Waals surface area contributed by atoms with E-state index in [4.69, 9.17) is 4.74 Å². The van der Waals surface area contributed by atoms with Crippen LogP contribution in [0.5, 0.6) is 5.75 Å². The standard InChI is InChI=1S/C20H17BrI2N2O3/c1-2-7-25-19(26)17(24-20(25)27)10-13-8-15(22)18(16(23)9-13)28-11-12-3-5-14(21)6-4-12/h3-6,8-10H,2,7,11H2,1H3,(H,24,27)/b17-10+. The molecular weight excluding hydrogens is 650 g/mol. The monoisotopic (exact) mass is 666 g/mol. The van der Waals surface area contributed by atoms with Crippen molar-refractivity contribution >= 4 is 79.1 Å². The first kappa shape index (κ1) is 21.6. The lowest BCUT2D eigenvalue weighted by atomic mass is 10.2. The van der Waals surface area contributed by atoms with Crippen molar-refractivity contribution in [1.29, 1.82) is 0 Å². The summed E-state index contributed by atoms with van der Waals surface area (Å²) >= 11 is 7.87. The average molecular weight is 667 g/mol. The van der Waals surface area contributed by atoms with Crippen LogP contribution in [0, 0.1) is 7.14 Å². The van der Waals surface area contributed by atoms with E-state index in [9.17, 15) is 9.59 Å². The van der Waals surface area contributed by atoms with Crippen LogP contribution in [0.1, 0.15) is 24.5 Å². The smallest absolute Gasteiger partial charge is 0.329 e. The zero-order valence-corrected chi connectivity index (χ0v) is 20.9. The highest BCUT2D eigenvalue weighted by atomic mass is 127. The molecule has 0 unspecified atom stereocenters. The summed E-state index contributed by atoms with van der Waals surface area (Å²) in [5, 5.41) is 2.65. The second-order valence-corrected chi connectivity index (χ2v) is 9.41. The summed E-state index contributed by atoms with van der Waals surface area (Å²) in [5.74, 6) is 0.521. The van der Waals surface area contributed by atoms with Gasteiger partial charge in [-0.2, -0.15) is 0 Å². The van der Waals surface area contributed by atoms with E-state index in [0.29, 0.717) is 18.8 Å². The first-order valence-corrected chi connectivity index (χ1v) is 11.5. The minimum atomic E-state index is -0.364. The van der Waals surface area contributed by atoms with Crippen molar-refractivity contribution in [2.45, 2.75) is 20.0 Å². The van der Waals surface area contributed by atoms with Gasteiger partial charge >= 0.3 is 6.03 Å². The Balaban J connectivity index is 1.77. The third-order valence-corrected chi connectivity index (χ3v) is 6.17. The van der Waals surface area contributed by atoms with Gasteiger partial charge in [0, 0.05) is 11.0 Å². The molecule has 3 amide bonds. The van der Waals surface area contributed by atoms with Crippen LogP contribution in [0.4, 0.5) is 4.79 Å². The van der Waals surface area contributed by atoms with Crippen molar-refractivity contribution in [3.8, 4) is 5.75 Å². The number of imide groups is 1. The van der Waals surface area contributed by atoms with Crippen molar-refractivity contribution in [2.75, 3.05) is 6.54 Å². The quantitative estimate of drug-likeness (QED) is 0.250. The van der Waals surface area contributed by atoms with Gasteiger partial charge in [-0.05, 0) is 93.1 Å². The lowest BCUT2D eigenvalue weighted by Gasteiger charge is -2.12. The molecule has 2 aromatic carbocycles. The SMILES string of the molecule is CCCN1C(=O)N/C(=C/c2cc(I)c(OCc3ccc(Br)cc3)c(I)c2)C1=O. The maximum Gasteiger partial charge on any atom is 0.329 e. The second-order valence-electron chi connectivity index (χ2n) is 6.17. The summed E-state index contributed by atoms with van der Waals surface area (Å²) in [4.78, 5) is 25.5. The number of amides is 3. The number of nitrogens with zero attached hydrogens (tertiary/aromatic N) is 1. The largest absolute Gasteiger partial charge is 0.487 e. The number of ether oxygens (including phenoxy) is 1. The number of carbonyl (C=O) groups excluding carboxylic acids is 2. The van der Waals surface area contributed by atoms with Gasteiger partial charge in [0.15, 0.2) is 0 Å². The van der Waals surface area contributed by atoms with Gasteiger partial charge in [0.05, 0.1) is 7.14 Å². The van der Waals surface area contributed by atoms with Gasteiger partial charge in [-0.3, -0.25) is 9.69 Å². The van der Waals surface area contributed by atoms with E-state index in [1.807, 2.05) is 43.3 Å². The van der Waals surface area contributed by atoms with Gasteiger partial charge in [0.2, 0.25) is 0 Å². The van der Waals surface area contributed by atoms with Crippen molar-refractivity contribution in [2.24, 2.45) is 0 Å². The number of hydrogen-bond donors (Lipinski definition) is 1. The van der Waals surface area contributed by atoms with Crippen LogP contribution in [-0.2, 0) is 11.4 Å². The van der Waals surface area contributed by atoms with E-state index >= 15 is 0 Å². The minimum absolute atomic E-state index is 0.285. The zero-order valence-electron chi connectivity index (χ0n) is 15.0. The first-order chi connectivity index (χ1) is 13.4. The van der Waals surface area contributed by atoms with Crippen molar-refractivity contribution < 1.29 is 14.3 Å². The van der Waals surface area contributed by atoms with Gasteiger partial charge in [0.1, 0.15) is 18.1 Å². The molecule has 1 heterocycles. The van der Waals surface area contributed by atoms with Crippen LogP contribution in [0.15, 0.2) is 46.6 Å². The highest BCUT2D eigenvalue weighted by Gasteiger charge is 2.32. The Morgan fingerprint density at radius 1 is 1.14 bits per heavy atom. The number of halogens is 3. The fourth-order valence-corrected chi connectivity index (χ4v) is 5.09. The molecule has 1 N–H and O–H groups in total. The van der Waals surface area contributed by atoms with E-state index in [1.165, 1.54) is 4.90 Å². The molecule has 2 aromatic rings. The van der Waals surface area contributed by atoms with E-state index in [2.05, 4.69) is 66.4 Å². The maximum absolute atomic E-state index is 12.4. The Kier molecular flexibility index (Phi) is 7.37. The summed E-state index contributed by atoms with van der Waals surface area (Å²) in [5.41, 5.74) is 2.22. The first-order valence-electron chi connectivity index (χ1n) is 8.60. The molecule has 1 aliphatic heterocycles. The van der Waals surface area contributed by atoms with Gasteiger partial charge in [-0.1, -0.05) is 35.0 Å². The van der Waals surface area contributed by atoms with Crippen molar-refractivity contribution in [3.05, 3.63) is 64.8 Å². The van der Waals surface area contributed by atoms with Crippen molar-refractivity contribution in [1.82, 2.24) is 10.2 Å². The second kappa shape index (κ2) is 9.57. The van der Waals surface area contributed by atoms with Crippen molar-refractivity contribution in [3.63, 3.8) is 0 Å². The van der Waals surface area contributed by atoms with Crippen LogP contribution >= 0.6 is 61.1 Å². The Hall–Kier alpha value is -1.14. The van der Waals surface area contributed by atoms with Crippen LogP contribution in [0.2, 0.25) is 0 Å². The molecule has 0 aliphatic carbocycles. The number of urea groups is 1. The zero-order chi connectivity index (χ0) is 20.3. The summed E-state index contributed by atoms with van der Waals surface area (Å²) in [6.07, 6.45) is 2.44. The lowest BCUT2D eigenvalue weighted by molar-refractivity contribution is -0.122. The normalized spacial score (nSPS) is 15.3. The van der Waals surface area contributed by atoms with Crippen LogP contribution < -0.4 is 10.1 Å².